The Hall–Kier alpha value is -2.95. The van der Waals surface area contributed by atoms with Gasteiger partial charge in [0.25, 0.3) is 5.91 Å². The number of benzene rings is 2. The van der Waals surface area contributed by atoms with E-state index in [1.165, 1.54) is 6.07 Å². The van der Waals surface area contributed by atoms with Gasteiger partial charge in [-0.1, -0.05) is 24.3 Å². The minimum Gasteiger partial charge on any atom is -0.354 e. The minimum atomic E-state index is -0.700. The number of halogens is 1. The van der Waals surface area contributed by atoms with Crippen LogP contribution in [0.4, 0.5) is 4.39 Å². The van der Waals surface area contributed by atoms with Crippen LogP contribution in [0.2, 0.25) is 0 Å². The largest absolute Gasteiger partial charge is 0.354 e. The van der Waals surface area contributed by atoms with Crippen LogP contribution in [0.1, 0.15) is 29.6 Å². The number of aromatic amines is 1. The third kappa shape index (κ3) is 2.61. The Bertz CT molecular complexity index is 1080. The fourth-order valence-corrected chi connectivity index (χ4v) is 3.44. The average Bonchev–Trinajstić information content (AvgIpc) is 3.00. The summed E-state index contributed by atoms with van der Waals surface area (Å²) in [4.78, 5) is 28.1. The van der Waals surface area contributed by atoms with E-state index in [-0.39, 0.29) is 22.4 Å². The summed E-state index contributed by atoms with van der Waals surface area (Å²) in [5.41, 5.74) is 1.74. The van der Waals surface area contributed by atoms with Crippen molar-refractivity contribution in [2.45, 2.75) is 25.3 Å². The van der Waals surface area contributed by atoms with E-state index in [1.807, 2.05) is 6.07 Å². The van der Waals surface area contributed by atoms with Gasteiger partial charge in [0.05, 0.1) is 17.1 Å². The summed E-state index contributed by atoms with van der Waals surface area (Å²) in [6, 6.07) is 9.48. The molecule has 1 aromatic heterocycles. The van der Waals surface area contributed by atoms with Crippen LogP contribution in [0.5, 0.6) is 0 Å². The maximum Gasteiger partial charge on any atom is 0.254 e. The van der Waals surface area contributed by atoms with Gasteiger partial charge >= 0.3 is 0 Å². The summed E-state index contributed by atoms with van der Waals surface area (Å²) >= 11 is 0. The van der Waals surface area contributed by atoms with E-state index in [1.54, 1.807) is 18.2 Å². The summed E-state index contributed by atoms with van der Waals surface area (Å²) in [6.07, 6.45) is 2.68. The molecular weight excluding hydrogens is 319 g/mol. The van der Waals surface area contributed by atoms with Gasteiger partial charge in [0.15, 0.2) is 5.43 Å². The summed E-state index contributed by atoms with van der Waals surface area (Å²) < 4.78 is 14.5. The molecule has 0 spiro atoms. The van der Waals surface area contributed by atoms with Gasteiger partial charge in [-0.3, -0.25) is 9.59 Å². The molecular formula is C20H17FN2O2. The topological polar surface area (TPSA) is 62.0 Å². The highest BCUT2D eigenvalue weighted by molar-refractivity contribution is 6.00. The van der Waals surface area contributed by atoms with Crippen LogP contribution in [-0.2, 0) is 0 Å². The standard InChI is InChI=1S/C20H17FN2O2/c1-11-5-4-8-16(11)23-20(25)13-10-18-14(9-15(13)21)19(24)12-6-2-3-7-17(12)22-18/h2-3,6-7,9-10,16H,1,4-5,8H2,(H,22,24)(H,23,25). The highest BCUT2D eigenvalue weighted by atomic mass is 19.1. The van der Waals surface area contributed by atoms with Crippen LogP contribution in [0.15, 0.2) is 53.3 Å². The van der Waals surface area contributed by atoms with Gasteiger partial charge in [-0.25, -0.2) is 4.39 Å². The summed E-state index contributed by atoms with van der Waals surface area (Å²) in [7, 11) is 0. The second kappa shape index (κ2) is 5.84. The Balaban J connectivity index is 1.81. The molecule has 2 N–H and O–H groups in total. The van der Waals surface area contributed by atoms with Crippen molar-refractivity contribution in [3.63, 3.8) is 0 Å². The molecule has 1 aliphatic carbocycles. The number of carbonyl (C=O) groups excluding carboxylic acids is 1. The molecule has 1 aliphatic rings. The zero-order chi connectivity index (χ0) is 17.6. The quantitative estimate of drug-likeness (QED) is 0.554. The number of nitrogens with one attached hydrogen (secondary N) is 2. The van der Waals surface area contributed by atoms with Crippen molar-refractivity contribution < 1.29 is 9.18 Å². The molecule has 4 nitrogen and oxygen atoms in total. The van der Waals surface area contributed by atoms with E-state index in [9.17, 15) is 14.0 Å². The number of fused-ring (bicyclic) bond motifs is 2. The zero-order valence-corrected chi connectivity index (χ0v) is 13.6. The molecule has 3 aromatic rings. The van der Waals surface area contributed by atoms with Crippen molar-refractivity contribution in [2.75, 3.05) is 0 Å². The Morgan fingerprint density at radius 3 is 2.76 bits per heavy atom. The van der Waals surface area contributed by atoms with Crippen molar-refractivity contribution in [2.24, 2.45) is 0 Å². The Kier molecular flexibility index (Phi) is 3.64. The number of carbonyl (C=O) groups is 1. The lowest BCUT2D eigenvalue weighted by molar-refractivity contribution is 0.0939. The van der Waals surface area contributed by atoms with Crippen molar-refractivity contribution >= 4 is 27.7 Å². The molecule has 0 bridgehead atoms. The molecule has 0 saturated heterocycles. The number of pyridine rings is 1. The molecule has 0 aliphatic heterocycles. The van der Waals surface area contributed by atoms with Crippen molar-refractivity contribution in [1.82, 2.24) is 10.3 Å². The third-order valence-corrected chi connectivity index (χ3v) is 4.83. The summed E-state index contributed by atoms with van der Waals surface area (Å²) in [5.74, 6) is -1.18. The first kappa shape index (κ1) is 15.6. The predicted octanol–water partition coefficient (Wildman–Crippen LogP) is 3.66. The van der Waals surface area contributed by atoms with E-state index in [2.05, 4.69) is 16.9 Å². The highest BCUT2D eigenvalue weighted by Crippen LogP contribution is 2.24. The summed E-state index contributed by atoms with van der Waals surface area (Å²) in [5, 5.41) is 3.56. The van der Waals surface area contributed by atoms with Crippen molar-refractivity contribution in [3.05, 3.63) is 70.2 Å². The molecule has 0 radical (unpaired) electrons. The molecule has 25 heavy (non-hydrogen) atoms. The first-order valence-electron chi connectivity index (χ1n) is 8.27. The first-order valence-corrected chi connectivity index (χ1v) is 8.27. The van der Waals surface area contributed by atoms with Crippen LogP contribution in [0, 0.1) is 5.82 Å². The third-order valence-electron chi connectivity index (χ3n) is 4.83. The van der Waals surface area contributed by atoms with E-state index in [0.29, 0.717) is 16.4 Å². The molecule has 2 aromatic carbocycles. The summed E-state index contributed by atoms with van der Waals surface area (Å²) in [6.45, 7) is 3.94. The van der Waals surface area contributed by atoms with E-state index in [0.717, 1.165) is 30.9 Å². The van der Waals surface area contributed by atoms with Gasteiger partial charge in [-0.2, -0.15) is 0 Å². The molecule has 126 valence electrons. The smallest absolute Gasteiger partial charge is 0.254 e. The Labute approximate surface area is 143 Å². The van der Waals surface area contributed by atoms with Crippen LogP contribution in [0.25, 0.3) is 21.8 Å². The van der Waals surface area contributed by atoms with Crippen molar-refractivity contribution in [1.29, 1.82) is 0 Å². The lowest BCUT2D eigenvalue weighted by atomic mass is 10.1. The number of H-pyrrole nitrogens is 1. The van der Waals surface area contributed by atoms with Gasteiger partial charge in [0.1, 0.15) is 5.82 Å². The van der Waals surface area contributed by atoms with Gasteiger partial charge in [-0.15, -0.1) is 0 Å². The van der Waals surface area contributed by atoms with Crippen LogP contribution >= 0.6 is 0 Å². The average molecular weight is 336 g/mol. The normalized spacial score (nSPS) is 17.3. The monoisotopic (exact) mass is 336 g/mol. The minimum absolute atomic E-state index is 0.0712. The van der Waals surface area contributed by atoms with Crippen LogP contribution < -0.4 is 10.7 Å². The van der Waals surface area contributed by atoms with Gasteiger partial charge in [-0.05, 0) is 43.5 Å². The second-order valence-corrected chi connectivity index (χ2v) is 6.45. The lowest BCUT2D eigenvalue weighted by Crippen LogP contribution is -2.34. The number of para-hydroxylation sites is 1. The predicted molar refractivity (Wildman–Crippen MR) is 96.3 cm³/mol. The number of amides is 1. The molecule has 1 atom stereocenters. The molecule has 1 amide bonds. The fraction of sp³-hybridized carbons (Fsp3) is 0.200. The van der Waals surface area contributed by atoms with Crippen LogP contribution in [0.3, 0.4) is 0 Å². The Morgan fingerprint density at radius 2 is 2.00 bits per heavy atom. The van der Waals surface area contributed by atoms with Gasteiger partial charge < -0.3 is 10.3 Å². The van der Waals surface area contributed by atoms with E-state index < -0.39 is 11.7 Å². The zero-order valence-electron chi connectivity index (χ0n) is 13.6. The van der Waals surface area contributed by atoms with E-state index >= 15 is 0 Å². The number of hydrogen-bond acceptors (Lipinski definition) is 2. The maximum atomic E-state index is 14.5. The molecule has 1 fully saturated rings. The highest BCUT2D eigenvalue weighted by Gasteiger charge is 2.23. The molecule has 1 saturated carbocycles. The maximum absolute atomic E-state index is 14.5. The number of rotatable bonds is 2. The molecule has 1 heterocycles. The molecule has 4 rings (SSSR count). The SMILES string of the molecule is C=C1CCCC1NC(=O)c1cc2[nH]c3ccccc3c(=O)c2cc1F. The fourth-order valence-electron chi connectivity index (χ4n) is 3.44. The molecule has 5 heteroatoms. The molecule has 1 unspecified atom stereocenters. The first-order chi connectivity index (χ1) is 12.0. The van der Waals surface area contributed by atoms with Crippen LogP contribution in [-0.4, -0.2) is 16.9 Å². The Morgan fingerprint density at radius 1 is 1.20 bits per heavy atom. The van der Waals surface area contributed by atoms with E-state index in [4.69, 9.17) is 0 Å². The van der Waals surface area contributed by atoms with Gasteiger partial charge in [0, 0.05) is 16.3 Å². The number of hydrogen-bond donors (Lipinski definition) is 2. The van der Waals surface area contributed by atoms with Gasteiger partial charge in [0.2, 0.25) is 0 Å². The van der Waals surface area contributed by atoms with Crippen molar-refractivity contribution in [3.8, 4) is 0 Å². The lowest BCUT2D eigenvalue weighted by Gasteiger charge is -2.14. The number of aromatic nitrogens is 1. The second-order valence-electron chi connectivity index (χ2n) is 6.45.